The minimum Gasteiger partial charge on any atom is -0.290 e. The van der Waals surface area contributed by atoms with Crippen LogP contribution in [0.3, 0.4) is 0 Å². The quantitative estimate of drug-likeness (QED) is 0.0765. The van der Waals surface area contributed by atoms with Crippen molar-refractivity contribution >= 4 is 57.3 Å². The standard InChI is InChI=1S/C42H34N3P/c1-29(40-36-23-14-26-42(36,40)46(32-17-4-2-5-18-32)33-19-6-3-7-20-33)43-28-39-44-37-24-12-13-25-38(37)45(39)41-34-21-10-8-15-30(34)27-31-16-9-11-22-35(31)41/h2-22,24-29,36,40H,23H2,1H3/b43-28+/t29-,36?,40?,42-/m0/s1. The highest BCUT2D eigenvalue weighted by atomic mass is 31.1. The van der Waals surface area contributed by atoms with Crippen LogP contribution in [0.5, 0.6) is 0 Å². The molecule has 9 rings (SSSR count). The number of fused-ring (bicyclic) bond motifs is 4. The predicted octanol–water partition coefficient (Wildman–Crippen LogP) is 9.22. The summed E-state index contributed by atoms with van der Waals surface area (Å²) in [6, 6.07) is 50.6. The van der Waals surface area contributed by atoms with Gasteiger partial charge in [-0.3, -0.25) is 9.56 Å². The van der Waals surface area contributed by atoms with Crippen molar-refractivity contribution in [2.75, 3.05) is 0 Å². The molecular formula is C42H34N3P. The second kappa shape index (κ2) is 10.9. The van der Waals surface area contributed by atoms with E-state index in [1.807, 2.05) is 0 Å². The van der Waals surface area contributed by atoms with Gasteiger partial charge in [0.15, 0.2) is 5.82 Å². The molecule has 3 nitrogen and oxygen atoms in total. The number of nitrogens with zero attached hydrogens (tertiary/aromatic N) is 3. The van der Waals surface area contributed by atoms with Crippen molar-refractivity contribution in [1.29, 1.82) is 0 Å². The molecule has 2 aliphatic rings. The number of para-hydroxylation sites is 2. The summed E-state index contributed by atoms with van der Waals surface area (Å²) in [5.74, 6) is 1.96. The van der Waals surface area contributed by atoms with Gasteiger partial charge in [-0.05, 0) is 72.7 Å². The Morgan fingerprint density at radius 2 is 1.35 bits per heavy atom. The summed E-state index contributed by atoms with van der Waals surface area (Å²) in [4.78, 5) is 10.5. The van der Waals surface area contributed by atoms with Crippen molar-refractivity contribution in [3.05, 3.63) is 158 Å². The van der Waals surface area contributed by atoms with E-state index in [1.54, 1.807) is 0 Å². The van der Waals surface area contributed by atoms with Crippen LogP contribution >= 0.6 is 7.92 Å². The third-order valence-corrected chi connectivity index (χ3v) is 13.3. The van der Waals surface area contributed by atoms with Crippen molar-refractivity contribution < 1.29 is 0 Å². The predicted molar refractivity (Wildman–Crippen MR) is 196 cm³/mol. The van der Waals surface area contributed by atoms with Crippen molar-refractivity contribution in [2.24, 2.45) is 16.8 Å². The third kappa shape index (κ3) is 4.22. The van der Waals surface area contributed by atoms with Gasteiger partial charge in [0.1, 0.15) is 0 Å². The second-order valence-electron chi connectivity index (χ2n) is 12.6. The first kappa shape index (κ1) is 27.5. The summed E-state index contributed by atoms with van der Waals surface area (Å²) in [6.07, 6.45) is 8.16. The van der Waals surface area contributed by atoms with E-state index in [0.717, 1.165) is 29.0 Å². The van der Waals surface area contributed by atoms with E-state index >= 15 is 0 Å². The largest absolute Gasteiger partial charge is 0.290 e. The van der Waals surface area contributed by atoms with Gasteiger partial charge in [-0.15, -0.1) is 0 Å². The Morgan fingerprint density at radius 1 is 0.761 bits per heavy atom. The maximum Gasteiger partial charge on any atom is 0.156 e. The summed E-state index contributed by atoms with van der Waals surface area (Å²) in [7, 11) is -0.577. The molecule has 46 heavy (non-hydrogen) atoms. The molecule has 4 atom stereocenters. The molecular weight excluding hydrogens is 577 g/mol. The highest BCUT2D eigenvalue weighted by molar-refractivity contribution is 7.75. The van der Waals surface area contributed by atoms with Gasteiger partial charge in [0.05, 0.1) is 29.0 Å². The maximum absolute atomic E-state index is 5.36. The third-order valence-electron chi connectivity index (χ3n) is 10.1. The van der Waals surface area contributed by atoms with Crippen molar-refractivity contribution in [3.8, 4) is 5.69 Å². The first-order valence-electron chi connectivity index (χ1n) is 16.2. The molecule has 0 saturated heterocycles. The lowest BCUT2D eigenvalue weighted by Gasteiger charge is -2.28. The average Bonchev–Trinajstić information content (AvgIpc) is 3.35. The van der Waals surface area contributed by atoms with Gasteiger partial charge in [-0.25, -0.2) is 4.98 Å². The molecule has 1 fully saturated rings. The monoisotopic (exact) mass is 611 g/mol. The zero-order valence-electron chi connectivity index (χ0n) is 25.7. The van der Waals surface area contributed by atoms with Crippen LogP contribution in [0.15, 0.2) is 157 Å². The fraction of sp³-hybridized carbons (Fsp3) is 0.143. The van der Waals surface area contributed by atoms with E-state index in [1.165, 1.54) is 32.2 Å². The SMILES string of the molecule is C[C@H](/N=C/c1nc2ccccc2n1-c1c2ccccc2cc2ccccc12)C1C2CC=C[C@]21P(c1ccccc1)c1ccccc1. The Morgan fingerprint density at radius 3 is 2.02 bits per heavy atom. The molecule has 222 valence electrons. The maximum atomic E-state index is 5.36. The molecule has 2 unspecified atom stereocenters. The molecule has 0 N–H and O–H groups in total. The Bertz CT molecular complexity index is 2190. The van der Waals surface area contributed by atoms with Gasteiger partial charge in [0, 0.05) is 15.9 Å². The van der Waals surface area contributed by atoms with Gasteiger partial charge in [-0.1, -0.05) is 133 Å². The molecule has 0 spiro atoms. The molecule has 0 aliphatic heterocycles. The number of aromatic nitrogens is 2. The van der Waals surface area contributed by atoms with Gasteiger partial charge >= 0.3 is 0 Å². The van der Waals surface area contributed by atoms with Crippen LogP contribution in [0.2, 0.25) is 0 Å². The van der Waals surface area contributed by atoms with Crippen molar-refractivity contribution in [1.82, 2.24) is 9.55 Å². The second-order valence-corrected chi connectivity index (χ2v) is 15.1. The van der Waals surface area contributed by atoms with Crippen LogP contribution in [-0.2, 0) is 0 Å². The number of hydrogen-bond acceptors (Lipinski definition) is 2. The van der Waals surface area contributed by atoms with E-state index in [2.05, 4.69) is 169 Å². The molecule has 7 aromatic rings. The number of allylic oxidation sites excluding steroid dienone is 2. The zero-order chi connectivity index (χ0) is 30.7. The topological polar surface area (TPSA) is 30.2 Å². The van der Waals surface area contributed by atoms with Crippen molar-refractivity contribution in [3.63, 3.8) is 0 Å². The van der Waals surface area contributed by atoms with Gasteiger partial charge in [0.2, 0.25) is 0 Å². The molecule has 0 bridgehead atoms. The van der Waals surface area contributed by atoms with E-state index < -0.39 is 7.92 Å². The molecule has 2 aliphatic carbocycles. The van der Waals surface area contributed by atoms with E-state index in [0.29, 0.717) is 11.8 Å². The van der Waals surface area contributed by atoms with Gasteiger partial charge < -0.3 is 0 Å². The average molecular weight is 612 g/mol. The zero-order valence-corrected chi connectivity index (χ0v) is 26.6. The molecule has 0 amide bonds. The number of hydrogen-bond donors (Lipinski definition) is 0. The van der Waals surface area contributed by atoms with Crippen molar-refractivity contribution in [2.45, 2.75) is 24.5 Å². The van der Waals surface area contributed by atoms with Crippen LogP contribution < -0.4 is 10.6 Å². The lowest BCUT2D eigenvalue weighted by Crippen LogP contribution is -2.25. The fourth-order valence-electron chi connectivity index (χ4n) is 8.21. The molecule has 0 radical (unpaired) electrons. The minimum absolute atomic E-state index is 0.126. The molecule has 6 aromatic carbocycles. The minimum atomic E-state index is -0.577. The Labute approximate surface area is 270 Å². The summed E-state index contributed by atoms with van der Waals surface area (Å²) in [5, 5.41) is 7.89. The van der Waals surface area contributed by atoms with Gasteiger partial charge in [-0.2, -0.15) is 0 Å². The summed E-state index contributed by atoms with van der Waals surface area (Å²) < 4.78 is 2.33. The number of imidazole rings is 1. The van der Waals surface area contributed by atoms with Crippen LogP contribution in [0.4, 0.5) is 0 Å². The van der Waals surface area contributed by atoms with Crippen LogP contribution in [0.1, 0.15) is 19.2 Å². The van der Waals surface area contributed by atoms with Gasteiger partial charge in [0.25, 0.3) is 0 Å². The molecule has 1 saturated carbocycles. The fourth-order valence-corrected chi connectivity index (χ4v) is 11.8. The lowest BCUT2D eigenvalue weighted by molar-refractivity contribution is 0.587. The molecule has 1 aromatic heterocycles. The van der Waals surface area contributed by atoms with Crippen LogP contribution in [-0.4, -0.2) is 27.0 Å². The normalized spacial score (nSPS) is 21.1. The highest BCUT2D eigenvalue weighted by Crippen LogP contribution is 2.75. The Hall–Kier alpha value is -4.85. The molecule has 1 heterocycles. The van der Waals surface area contributed by atoms with Crippen LogP contribution in [0.25, 0.3) is 38.3 Å². The summed E-state index contributed by atoms with van der Waals surface area (Å²) in [6.45, 7) is 2.32. The summed E-state index contributed by atoms with van der Waals surface area (Å²) >= 11 is 0. The first-order chi connectivity index (χ1) is 22.7. The summed E-state index contributed by atoms with van der Waals surface area (Å²) in [5.41, 5.74) is 3.24. The first-order valence-corrected chi connectivity index (χ1v) is 17.6. The molecule has 4 heteroatoms. The lowest BCUT2D eigenvalue weighted by atomic mass is 10.0. The van der Waals surface area contributed by atoms with E-state index in [-0.39, 0.29) is 11.2 Å². The Kier molecular flexibility index (Phi) is 6.50. The van der Waals surface area contributed by atoms with Crippen LogP contribution in [0, 0.1) is 11.8 Å². The van der Waals surface area contributed by atoms with E-state index in [4.69, 9.17) is 9.98 Å². The van der Waals surface area contributed by atoms with E-state index in [9.17, 15) is 0 Å². The Balaban J connectivity index is 1.16. The smallest absolute Gasteiger partial charge is 0.156 e. The number of rotatable bonds is 7. The number of aliphatic imine (C=N–C) groups is 1. The number of benzene rings is 6. The highest BCUT2D eigenvalue weighted by Gasteiger charge is 2.69.